The summed E-state index contributed by atoms with van der Waals surface area (Å²) in [5, 5.41) is 10.6. The second kappa shape index (κ2) is 5.95. The smallest absolute Gasteiger partial charge is 0.0634 e. The van der Waals surface area contributed by atoms with E-state index in [2.05, 4.69) is 0 Å². The molecule has 16 heavy (non-hydrogen) atoms. The summed E-state index contributed by atoms with van der Waals surface area (Å²) in [6.07, 6.45) is 4.73. The maximum atomic E-state index is 9.79. The number of aliphatic hydroxyl groups excluding tert-OH is 1. The summed E-state index contributed by atoms with van der Waals surface area (Å²) in [6.45, 7) is 0. The van der Waals surface area contributed by atoms with Crippen LogP contribution in [-0.4, -0.2) is 17.0 Å². The van der Waals surface area contributed by atoms with Crippen LogP contribution in [0.2, 0.25) is 5.02 Å². The molecule has 1 saturated carbocycles. The van der Waals surface area contributed by atoms with Crippen molar-refractivity contribution < 1.29 is 5.11 Å². The monoisotopic (exact) mass is 256 g/mol. The van der Waals surface area contributed by atoms with Crippen LogP contribution < -0.4 is 0 Å². The van der Waals surface area contributed by atoms with Crippen LogP contribution in [0.4, 0.5) is 0 Å². The Morgan fingerprint density at radius 1 is 1.31 bits per heavy atom. The van der Waals surface area contributed by atoms with Crippen molar-refractivity contribution in [2.75, 3.05) is 5.75 Å². The Bertz CT molecular complexity index is 321. The average molecular weight is 257 g/mol. The molecule has 1 fully saturated rings. The fourth-order valence-electron chi connectivity index (χ4n) is 1.64. The van der Waals surface area contributed by atoms with Gasteiger partial charge in [0, 0.05) is 15.7 Å². The van der Waals surface area contributed by atoms with Gasteiger partial charge in [0.2, 0.25) is 0 Å². The molecule has 0 bridgehead atoms. The van der Waals surface area contributed by atoms with Crippen LogP contribution in [0, 0.1) is 5.92 Å². The Balaban J connectivity index is 1.67. The minimum atomic E-state index is -0.165. The maximum absolute atomic E-state index is 9.79. The molecule has 0 heterocycles. The van der Waals surface area contributed by atoms with Crippen molar-refractivity contribution in [2.45, 2.75) is 36.7 Å². The van der Waals surface area contributed by atoms with Crippen molar-refractivity contribution in [1.82, 2.24) is 0 Å². The van der Waals surface area contributed by atoms with E-state index in [1.807, 2.05) is 24.3 Å². The molecular weight excluding hydrogens is 240 g/mol. The molecule has 2 rings (SSSR count). The number of thioether (sulfide) groups is 1. The van der Waals surface area contributed by atoms with Crippen LogP contribution in [0.25, 0.3) is 0 Å². The van der Waals surface area contributed by atoms with Crippen LogP contribution >= 0.6 is 23.4 Å². The van der Waals surface area contributed by atoms with Crippen molar-refractivity contribution in [3.63, 3.8) is 0 Å². The fourth-order valence-corrected chi connectivity index (χ4v) is 2.65. The summed E-state index contributed by atoms with van der Waals surface area (Å²) in [4.78, 5) is 1.18. The van der Waals surface area contributed by atoms with Crippen LogP contribution in [0.1, 0.15) is 25.7 Å². The van der Waals surface area contributed by atoms with E-state index in [0.717, 1.165) is 23.1 Å². The summed E-state index contributed by atoms with van der Waals surface area (Å²) in [7, 11) is 0. The highest BCUT2D eigenvalue weighted by molar-refractivity contribution is 7.99. The molecular formula is C13H17ClOS. The standard InChI is InChI=1S/C13H17ClOS/c14-11-4-7-13(8-5-11)16-9-12(15)6-3-10-1-2-10/h4-5,7-8,10,12,15H,1-3,6,9H2. The summed E-state index contributed by atoms with van der Waals surface area (Å²) in [5.74, 6) is 1.70. The lowest BCUT2D eigenvalue weighted by Gasteiger charge is -2.09. The van der Waals surface area contributed by atoms with Gasteiger partial charge in [-0.3, -0.25) is 0 Å². The van der Waals surface area contributed by atoms with Gasteiger partial charge in [-0.05, 0) is 43.0 Å². The van der Waals surface area contributed by atoms with Crippen molar-refractivity contribution >= 4 is 23.4 Å². The molecule has 1 nitrogen and oxygen atoms in total. The number of aliphatic hydroxyl groups is 1. The van der Waals surface area contributed by atoms with Gasteiger partial charge in [-0.2, -0.15) is 0 Å². The van der Waals surface area contributed by atoms with Gasteiger partial charge in [-0.15, -0.1) is 11.8 Å². The first-order chi connectivity index (χ1) is 7.74. The van der Waals surface area contributed by atoms with Gasteiger partial charge in [0.15, 0.2) is 0 Å². The van der Waals surface area contributed by atoms with Crippen LogP contribution in [0.3, 0.4) is 0 Å². The van der Waals surface area contributed by atoms with Crippen molar-refractivity contribution in [1.29, 1.82) is 0 Å². The molecule has 0 aromatic heterocycles. The van der Waals surface area contributed by atoms with Crippen molar-refractivity contribution in [3.8, 4) is 0 Å². The molecule has 1 aromatic rings. The van der Waals surface area contributed by atoms with Crippen LogP contribution in [0.5, 0.6) is 0 Å². The second-order valence-electron chi connectivity index (χ2n) is 4.44. The van der Waals surface area contributed by atoms with E-state index in [1.165, 1.54) is 24.2 Å². The Hall–Kier alpha value is -0.180. The largest absolute Gasteiger partial charge is 0.392 e. The Labute approximate surface area is 106 Å². The quantitative estimate of drug-likeness (QED) is 0.777. The molecule has 0 spiro atoms. The van der Waals surface area contributed by atoms with Gasteiger partial charge in [0.1, 0.15) is 0 Å². The molecule has 88 valence electrons. The highest BCUT2D eigenvalue weighted by atomic mass is 35.5. The number of hydrogen-bond acceptors (Lipinski definition) is 2. The Kier molecular flexibility index (Phi) is 4.56. The first-order valence-corrected chi connectivity index (χ1v) is 7.17. The van der Waals surface area contributed by atoms with Gasteiger partial charge in [0.25, 0.3) is 0 Å². The predicted octanol–water partition coefficient (Wildman–Crippen LogP) is 3.98. The summed E-state index contributed by atoms with van der Waals surface area (Å²) >= 11 is 7.51. The maximum Gasteiger partial charge on any atom is 0.0634 e. The highest BCUT2D eigenvalue weighted by Crippen LogP contribution is 2.34. The van der Waals surface area contributed by atoms with Crippen LogP contribution in [-0.2, 0) is 0 Å². The topological polar surface area (TPSA) is 20.2 Å². The first-order valence-electron chi connectivity index (χ1n) is 5.80. The molecule has 0 amide bonds. The van der Waals surface area contributed by atoms with E-state index in [1.54, 1.807) is 11.8 Å². The van der Waals surface area contributed by atoms with E-state index < -0.39 is 0 Å². The molecule has 1 aromatic carbocycles. The van der Waals surface area contributed by atoms with E-state index in [0.29, 0.717) is 0 Å². The van der Waals surface area contributed by atoms with Gasteiger partial charge < -0.3 is 5.11 Å². The van der Waals surface area contributed by atoms with Crippen LogP contribution in [0.15, 0.2) is 29.2 Å². The summed E-state index contributed by atoms with van der Waals surface area (Å²) < 4.78 is 0. The molecule has 0 aliphatic heterocycles. The molecule has 1 N–H and O–H groups in total. The molecule has 0 saturated heterocycles. The summed E-state index contributed by atoms with van der Waals surface area (Å²) in [5.41, 5.74) is 0. The number of hydrogen-bond donors (Lipinski definition) is 1. The van der Waals surface area contributed by atoms with Gasteiger partial charge in [-0.25, -0.2) is 0 Å². The lowest BCUT2D eigenvalue weighted by molar-refractivity contribution is 0.184. The third kappa shape index (κ3) is 4.36. The molecule has 1 unspecified atom stereocenters. The van der Waals surface area contributed by atoms with Gasteiger partial charge >= 0.3 is 0 Å². The molecule has 3 heteroatoms. The van der Waals surface area contributed by atoms with E-state index >= 15 is 0 Å². The Morgan fingerprint density at radius 2 is 2.00 bits per heavy atom. The number of halogens is 1. The minimum Gasteiger partial charge on any atom is -0.392 e. The lowest BCUT2D eigenvalue weighted by Crippen LogP contribution is -2.09. The Morgan fingerprint density at radius 3 is 2.62 bits per heavy atom. The fraction of sp³-hybridized carbons (Fsp3) is 0.538. The average Bonchev–Trinajstić information content (AvgIpc) is 3.09. The second-order valence-corrected chi connectivity index (χ2v) is 5.97. The minimum absolute atomic E-state index is 0.165. The zero-order chi connectivity index (χ0) is 11.4. The third-order valence-electron chi connectivity index (χ3n) is 2.86. The molecule has 0 radical (unpaired) electrons. The first kappa shape index (κ1) is 12.3. The third-order valence-corrected chi connectivity index (χ3v) is 4.27. The molecule has 1 atom stereocenters. The zero-order valence-electron chi connectivity index (χ0n) is 9.23. The summed E-state index contributed by atoms with van der Waals surface area (Å²) in [6, 6.07) is 7.78. The van der Waals surface area contributed by atoms with Gasteiger partial charge in [-0.1, -0.05) is 24.4 Å². The lowest BCUT2D eigenvalue weighted by atomic mass is 10.1. The highest BCUT2D eigenvalue weighted by Gasteiger charge is 2.21. The number of rotatable bonds is 6. The number of benzene rings is 1. The van der Waals surface area contributed by atoms with Crippen molar-refractivity contribution in [2.24, 2.45) is 5.92 Å². The SMILES string of the molecule is OC(CCC1CC1)CSc1ccc(Cl)cc1. The van der Waals surface area contributed by atoms with Gasteiger partial charge in [0.05, 0.1) is 6.10 Å². The van der Waals surface area contributed by atoms with E-state index in [9.17, 15) is 5.11 Å². The zero-order valence-corrected chi connectivity index (χ0v) is 10.8. The molecule has 1 aliphatic rings. The van der Waals surface area contributed by atoms with E-state index in [4.69, 9.17) is 11.6 Å². The normalized spacial score (nSPS) is 17.4. The molecule has 1 aliphatic carbocycles. The van der Waals surface area contributed by atoms with Crippen molar-refractivity contribution in [3.05, 3.63) is 29.3 Å². The van der Waals surface area contributed by atoms with E-state index in [-0.39, 0.29) is 6.10 Å². The predicted molar refractivity (Wildman–Crippen MR) is 70.1 cm³/mol.